The first-order valence-electron chi connectivity index (χ1n) is 5.37. The second-order valence-electron chi connectivity index (χ2n) is 4.28. The van der Waals surface area contributed by atoms with Crippen molar-refractivity contribution in [3.05, 3.63) is 34.3 Å². The van der Waals surface area contributed by atoms with Crippen LogP contribution in [0.5, 0.6) is 0 Å². The largest absolute Gasteiger partial charge is 0.469 e. The Hall–Kier alpha value is -1.02. The summed E-state index contributed by atoms with van der Waals surface area (Å²) in [6.07, 6.45) is 1.23. The molecule has 0 saturated heterocycles. The van der Waals surface area contributed by atoms with E-state index >= 15 is 0 Å². The van der Waals surface area contributed by atoms with E-state index in [1.54, 1.807) is 0 Å². The molecule has 0 bridgehead atoms. The molecule has 16 heavy (non-hydrogen) atoms. The van der Waals surface area contributed by atoms with Crippen LogP contribution in [0.3, 0.4) is 0 Å². The average molecular weight is 241 g/mol. The van der Waals surface area contributed by atoms with Crippen LogP contribution >= 0.6 is 11.6 Å². The number of esters is 1. The van der Waals surface area contributed by atoms with E-state index in [1.165, 1.54) is 7.11 Å². The fraction of sp³-hybridized carbons (Fsp3) is 0.462. The van der Waals surface area contributed by atoms with Gasteiger partial charge in [-0.3, -0.25) is 4.79 Å². The summed E-state index contributed by atoms with van der Waals surface area (Å²) in [5.41, 5.74) is 2.02. The molecule has 0 radical (unpaired) electrons. The molecule has 0 spiro atoms. The van der Waals surface area contributed by atoms with Crippen LogP contribution in [-0.2, 0) is 22.4 Å². The highest BCUT2D eigenvalue weighted by molar-refractivity contribution is 6.31. The number of benzene rings is 1. The van der Waals surface area contributed by atoms with Crippen LogP contribution in [-0.4, -0.2) is 13.1 Å². The van der Waals surface area contributed by atoms with E-state index in [0.29, 0.717) is 5.92 Å². The Morgan fingerprint density at radius 2 is 2.12 bits per heavy atom. The van der Waals surface area contributed by atoms with Gasteiger partial charge in [0.2, 0.25) is 0 Å². The monoisotopic (exact) mass is 240 g/mol. The molecule has 0 amide bonds. The molecule has 2 nitrogen and oxygen atoms in total. The first-order valence-corrected chi connectivity index (χ1v) is 5.75. The van der Waals surface area contributed by atoms with Crippen LogP contribution in [0.1, 0.15) is 25.0 Å². The van der Waals surface area contributed by atoms with Gasteiger partial charge in [0.15, 0.2) is 0 Å². The number of hydrogen-bond acceptors (Lipinski definition) is 2. The predicted molar refractivity (Wildman–Crippen MR) is 65.7 cm³/mol. The summed E-state index contributed by atoms with van der Waals surface area (Å²) >= 11 is 6.15. The van der Waals surface area contributed by atoms with Crippen molar-refractivity contribution in [1.29, 1.82) is 0 Å². The van der Waals surface area contributed by atoms with E-state index in [-0.39, 0.29) is 12.4 Å². The molecule has 0 aromatic heterocycles. The fourth-order valence-corrected chi connectivity index (χ4v) is 1.83. The molecular weight excluding hydrogens is 224 g/mol. The first-order chi connectivity index (χ1) is 7.52. The van der Waals surface area contributed by atoms with Gasteiger partial charge in [0.25, 0.3) is 0 Å². The second-order valence-corrected chi connectivity index (χ2v) is 4.68. The van der Waals surface area contributed by atoms with Crippen LogP contribution in [0, 0.1) is 5.92 Å². The first kappa shape index (κ1) is 13.0. The van der Waals surface area contributed by atoms with E-state index in [0.717, 1.165) is 22.6 Å². The summed E-state index contributed by atoms with van der Waals surface area (Å²) in [6, 6.07) is 5.76. The van der Waals surface area contributed by atoms with Gasteiger partial charge in [-0.25, -0.2) is 0 Å². The Balaban J connectivity index is 2.78. The van der Waals surface area contributed by atoms with Gasteiger partial charge in [0.1, 0.15) is 0 Å². The SMILES string of the molecule is COC(=O)Cc1ccc(CC(C)C)c(Cl)c1. The van der Waals surface area contributed by atoms with Crippen molar-refractivity contribution in [2.75, 3.05) is 7.11 Å². The standard InChI is InChI=1S/C13H17ClO2/c1-9(2)6-11-5-4-10(7-12(11)14)8-13(15)16-3/h4-5,7,9H,6,8H2,1-3H3. The molecule has 0 aliphatic heterocycles. The van der Waals surface area contributed by atoms with Gasteiger partial charge in [-0.05, 0) is 29.5 Å². The van der Waals surface area contributed by atoms with Gasteiger partial charge in [0.05, 0.1) is 13.5 Å². The highest BCUT2D eigenvalue weighted by Crippen LogP contribution is 2.21. The third-order valence-electron chi connectivity index (χ3n) is 2.32. The summed E-state index contributed by atoms with van der Waals surface area (Å²) in [4.78, 5) is 11.1. The van der Waals surface area contributed by atoms with Crippen molar-refractivity contribution < 1.29 is 9.53 Å². The number of hydrogen-bond donors (Lipinski definition) is 0. The van der Waals surface area contributed by atoms with E-state index in [9.17, 15) is 4.79 Å². The van der Waals surface area contributed by atoms with Crippen LogP contribution < -0.4 is 0 Å². The van der Waals surface area contributed by atoms with Crippen molar-refractivity contribution >= 4 is 17.6 Å². The molecule has 88 valence electrons. The van der Waals surface area contributed by atoms with Gasteiger partial charge < -0.3 is 4.74 Å². The quantitative estimate of drug-likeness (QED) is 0.756. The summed E-state index contributed by atoms with van der Waals surface area (Å²) in [6.45, 7) is 4.30. The average Bonchev–Trinajstić information content (AvgIpc) is 2.21. The lowest BCUT2D eigenvalue weighted by Crippen LogP contribution is -2.05. The van der Waals surface area contributed by atoms with Gasteiger partial charge in [-0.2, -0.15) is 0 Å². The summed E-state index contributed by atoms with van der Waals surface area (Å²) in [7, 11) is 1.39. The smallest absolute Gasteiger partial charge is 0.309 e. The van der Waals surface area contributed by atoms with Gasteiger partial charge >= 0.3 is 5.97 Å². The molecule has 0 heterocycles. The Labute approximate surface area is 102 Å². The molecule has 0 fully saturated rings. The minimum absolute atomic E-state index is 0.243. The maximum atomic E-state index is 11.1. The molecule has 1 aromatic rings. The topological polar surface area (TPSA) is 26.3 Å². The molecule has 3 heteroatoms. The third-order valence-corrected chi connectivity index (χ3v) is 2.67. The number of ether oxygens (including phenoxy) is 1. The Morgan fingerprint density at radius 3 is 2.62 bits per heavy atom. The molecule has 0 N–H and O–H groups in total. The Kier molecular flexibility index (Phi) is 4.81. The maximum absolute atomic E-state index is 11.1. The molecule has 1 rings (SSSR count). The second kappa shape index (κ2) is 5.90. The molecule has 0 unspecified atom stereocenters. The third kappa shape index (κ3) is 3.86. The zero-order valence-corrected chi connectivity index (χ0v) is 10.7. The van der Waals surface area contributed by atoms with Crippen LogP contribution in [0.25, 0.3) is 0 Å². The number of carbonyl (C=O) groups is 1. The van der Waals surface area contributed by atoms with Gasteiger partial charge in [-0.15, -0.1) is 0 Å². The summed E-state index contributed by atoms with van der Waals surface area (Å²) in [5, 5.41) is 0.732. The molecule has 1 aromatic carbocycles. The number of rotatable bonds is 4. The molecule has 0 atom stereocenters. The minimum atomic E-state index is -0.243. The number of methoxy groups -OCH3 is 1. The predicted octanol–water partition coefficient (Wildman–Crippen LogP) is 3.25. The normalized spacial score (nSPS) is 10.6. The maximum Gasteiger partial charge on any atom is 0.309 e. The van der Waals surface area contributed by atoms with E-state index in [4.69, 9.17) is 11.6 Å². The number of carbonyl (C=O) groups excluding carboxylic acids is 1. The lowest BCUT2D eigenvalue weighted by Gasteiger charge is -2.08. The lowest BCUT2D eigenvalue weighted by molar-refractivity contribution is -0.139. The Bertz CT molecular complexity index is 372. The van der Waals surface area contributed by atoms with Crippen molar-refractivity contribution in [2.45, 2.75) is 26.7 Å². The van der Waals surface area contributed by atoms with Crippen molar-refractivity contribution in [2.24, 2.45) is 5.92 Å². The van der Waals surface area contributed by atoms with Crippen molar-refractivity contribution in [3.8, 4) is 0 Å². The highest BCUT2D eigenvalue weighted by atomic mass is 35.5. The van der Waals surface area contributed by atoms with Crippen molar-refractivity contribution in [3.63, 3.8) is 0 Å². The van der Waals surface area contributed by atoms with Gasteiger partial charge in [0, 0.05) is 5.02 Å². The summed E-state index contributed by atoms with van der Waals surface area (Å²) < 4.78 is 4.61. The van der Waals surface area contributed by atoms with E-state index < -0.39 is 0 Å². The summed E-state index contributed by atoms with van der Waals surface area (Å²) in [5.74, 6) is 0.330. The molecule has 0 aliphatic rings. The van der Waals surface area contributed by atoms with Crippen LogP contribution in [0.2, 0.25) is 5.02 Å². The lowest BCUT2D eigenvalue weighted by atomic mass is 10.0. The van der Waals surface area contributed by atoms with Crippen LogP contribution in [0.15, 0.2) is 18.2 Å². The molecule has 0 aliphatic carbocycles. The van der Waals surface area contributed by atoms with Crippen LogP contribution in [0.4, 0.5) is 0 Å². The van der Waals surface area contributed by atoms with E-state index in [2.05, 4.69) is 18.6 Å². The number of halogens is 1. The molecular formula is C13H17ClO2. The van der Waals surface area contributed by atoms with Gasteiger partial charge in [-0.1, -0.05) is 37.6 Å². The highest BCUT2D eigenvalue weighted by Gasteiger charge is 2.07. The fourth-order valence-electron chi connectivity index (χ4n) is 1.54. The molecule has 0 saturated carbocycles. The zero-order valence-electron chi connectivity index (χ0n) is 9.92. The zero-order chi connectivity index (χ0) is 12.1. The van der Waals surface area contributed by atoms with E-state index in [1.807, 2.05) is 18.2 Å². The van der Waals surface area contributed by atoms with Crippen molar-refractivity contribution in [1.82, 2.24) is 0 Å². The Morgan fingerprint density at radius 1 is 1.44 bits per heavy atom. The minimum Gasteiger partial charge on any atom is -0.469 e.